The van der Waals surface area contributed by atoms with Crippen LogP contribution in [0, 0.1) is 11.6 Å². The molecule has 3 aromatic carbocycles. The molecule has 0 aliphatic carbocycles. The molecule has 34 heavy (non-hydrogen) atoms. The third kappa shape index (κ3) is 4.62. The number of carbonyl (C=O) groups is 1. The van der Waals surface area contributed by atoms with Crippen molar-refractivity contribution in [2.45, 2.75) is 24.8 Å². The van der Waals surface area contributed by atoms with Crippen LogP contribution in [0.5, 0.6) is 0 Å². The van der Waals surface area contributed by atoms with E-state index in [4.69, 9.17) is 0 Å². The van der Waals surface area contributed by atoms with Crippen LogP contribution in [0.15, 0.2) is 65.6 Å². The van der Waals surface area contributed by atoms with E-state index in [1.807, 2.05) is 25.5 Å². The fourth-order valence-corrected chi connectivity index (χ4v) is 4.65. The van der Waals surface area contributed by atoms with Gasteiger partial charge in [-0.05, 0) is 56.3 Å². The summed E-state index contributed by atoms with van der Waals surface area (Å²) < 4.78 is 56.5. The van der Waals surface area contributed by atoms with E-state index >= 15 is 0 Å². The van der Waals surface area contributed by atoms with Gasteiger partial charge in [-0.25, -0.2) is 22.2 Å². The van der Waals surface area contributed by atoms with Crippen molar-refractivity contribution >= 4 is 32.7 Å². The van der Waals surface area contributed by atoms with E-state index in [1.165, 1.54) is 12.1 Å². The van der Waals surface area contributed by atoms with Gasteiger partial charge in [0.15, 0.2) is 0 Å². The molecule has 0 bridgehead atoms. The lowest BCUT2D eigenvalue weighted by Gasteiger charge is -2.09. The molecule has 0 aliphatic heterocycles. The molecule has 7 nitrogen and oxygen atoms in total. The first-order valence-corrected chi connectivity index (χ1v) is 11.9. The van der Waals surface area contributed by atoms with Gasteiger partial charge in [0.1, 0.15) is 22.4 Å². The topological polar surface area (TPSA) is 93.1 Å². The number of aromatic nitrogens is 2. The average molecular weight is 485 g/mol. The maximum absolute atomic E-state index is 14.0. The molecule has 4 rings (SSSR count). The minimum absolute atomic E-state index is 0.0261. The summed E-state index contributed by atoms with van der Waals surface area (Å²) in [5, 5.41) is 2.84. The molecule has 4 aromatic rings. The zero-order valence-corrected chi connectivity index (χ0v) is 19.5. The van der Waals surface area contributed by atoms with Crippen LogP contribution in [0.25, 0.3) is 22.4 Å². The molecule has 0 atom stereocenters. The van der Waals surface area contributed by atoms with Crippen molar-refractivity contribution in [1.82, 2.24) is 14.9 Å². The number of imidazole rings is 1. The largest absolute Gasteiger partial charge is 0.350 e. The Kier molecular flexibility index (Phi) is 6.09. The van der Waals surface area contributed by atoms with Gasteiger partial charge in [0.2, 0.25) is 0 Å². The number of carbonyl (C=O) groups excluding carboxylic acids is 1. The van der Waals surface area contributed by atoms with Crippen LogP contribution in [-0.4, -0.2) is 29.9 Å². The van der Waals surface area contributed by atoms with Crippen molar-refractivity contribution < 1.29 is 22.0 Å². The summed E-state index contributed by atoms with van der Waals surface area (Å²) in [5.74, 6) is -1.59. The molecule has 0 aliphatic rings. The van der Waals surface area contributed by atoms with Crippen molar-refractivity contribution in [2.75, 3.05) is 4.72 Å². The summed E-state index contributed by atoms with van der Waals surface area (Å²) in [5.41, 5.74) is 2.74. The molecule has 1 amide bonds. The fraction of sp³-hybridized carbons (Fsp3) is 0.167. The van der Waals surface area contributed by atoms with Crippen LogP contribution >= 0.6 is 0 Å². The summed E-state index contributed by atoms with van der Waals surface area (Å²) in [6, 6.07) is 14.0. The standard InChI is InChI=1S/C24H22F2N4O3S/c1-14(2)27-24(31)16-6-4-15(5-7-16)23-28-20-13-18(9-10-21(20)30(23)3)29-34(32,33)22-11-8-17(25)12-19(22)26/h4-14,29H,1-3H3,(H,27,31). The molecule has 0 fully saturated rings. The minimum atomic E-state index is -4.27. The summed E-state index contributed by atoms with van der Waals surface area (Å²) in [6.45, 7) is 3.77. The Morgan fingerprint density at radius 3 is 2.35 bits per heavy atom. The average Bonchev–Trinajstić information content (AvgIpc) is 3.08. The van der Waals surface area contributed by atoms with E-state index in [2.05, 4.69) is 15.0 Å². The summed E-state index contributed by atoms with van der Waals surface area (Å²) in [4.78, 5) is 16.1. The van der Waals surface area contributed by atoms with Crippen LogP contribution < -0.4 is 10.0 Å². The lowest BCUT2D eigenvalue weighted by atomic mass is 10.1. The van der Waals surface area contributed by atoms with Gasteiger partial charge in [-0.1, -0.05) is 12.1 Å². The van der Waals surface area contributed by atoms with Crippen LogP contribution in [0.4, 0.5) is 14.5 Å². The molecule has 1 heterocycles. The number of fused-ring (bicyclic) bond motifs is 1. The highest BCUT2D eigenvalue weighted by molar-refractivity contribution is 7.92. The van der Waals surface area contributed by atoms with Crippen molar-refractivity contribution in [2.24, 2.45) is 7.05 Å². The van der Waals surface area contributed by atoms with E-state index < -0.39 is 26.6 Å². The molecule has 2 N–H and O–H groups in total. The molecule has 0 saturated heterocycles. The molecule has 0 radical (unpaired) electrons. The Morgan fingerprint density at radius 2 is 1.71 bits per heavy atom. The van der Waals surface area contributed by atoms with E-state index in [0.29, 0.717) is 23.0 Å². The van der Waals surface area contributed by atoms with Gasteiger partial charge in [-0.3, -0.25) is 9.52 Å². The lowest BCUT2D eigenvalue weighted by Crippen LogP contribution is -2.29. The second-order valence-electron chi connectivity index (χ2n) is 8.08. The molecule has 0 unspecified atom stereocenters. The van der Waals surface area contributed by atoms with Crippen molar-refractivity contribution in [3.8, 4) is 11.4 Å². The predicted molar refractivity (Wildman–Crippen MR) is 126 cm³/mol. The van der Waals surface area contributed by atoms with Crippen LogP contribution in [0.1, 0.15) is 24.2 Å². The number of nitrogens with zero attached hydrogens (tertiary/aromatic N) is 2. The molecule has 176 valence electrons. The second-order valence-corrected chi connectivity index (χ2v) is 9.73. The van der Waals surface area contributed by atoms with Crippen molar-refractivity contribution in [1.29, 1.82) is 0 Å². The van der Waals surface area contributed by atoms with E-state index in [-0.39, 0.29) is 17.6 Å². The van der Waals surface area contributed by atoms with Gasteiger partial charge in [0.05, 0.1) is 16.7 Å². The highest BCUT2D eigenvalue weighted by atomic mass is 32.2. The maximum Gasteiger partial charge on any atom is 0.264 e. The summed E-state index contributed by atoms with van der Waals surface area (Å²) >= 11 is 0. The van der Waals surface area contributed by atoms with E-state index in [0.717, 1.165) is 23.2 Å². The number of hydrogen-bond donors (Lipinski definition) is 2. The highest BCUT2D eigenvalue weighted by Gasteiger charge is 2.20. The Balaban J connectivity index is 1.63. The monoisotopic (exact) mass is 484 g/mol. The van der Waals surface area contributed by atoms with Crippen molar-refractivity contribution in [3.05, 3.63) is 77.9 Å². The lowest BCUT2D eigenvalue weighted by molar-refractivity contribution is 0.0943. The molecule has 10 heteroatoms. The second kappa shape index (κ2) is 8.86. The summed E-state index contributed by atoms with van der Waals surface area (Å²) in [7, 11) is -2.45. The Labute approximate surface area is 195 Å². The number of hydrogen-bond acceptors (Lipinski definition) is 4. The minimum Gasteiger partial charge on any atom is -0.350 e. The smallest absolute Gasteiger partial charge is 0.264 e. The first kappa shape index (κ1) is 23.4. The quantitative estimate of drug-likeness (QED) is 0.423. The number of aryl methyl sites for hydroxylation is 1. The number of nitrogens with one attached hydrogen (secondary N) is 2. The molecule has 1 aromatic heterocycles. The normalized spacial score (nSPS) is 11.7. The van der Waals surface area contributed by atoms with Crippen molar-refractivity contribution in [3.63, 3.8) is 0 Å². The van der Waals surface area contributed by atoms with E-state index in [1.54, 1.807) is 30.3 Å². The first-order chi connectivity index (χ1) is 16.0. The molecule has 0 saturated carbocycles. The highest BCUT2D eigenvalue weighted by Crippen LogP contribution is 2.27. The first-order valence-electron chi connectivity index (χ1n) is 10.4. The number of benzene rings is 3. The van der Waals surface area contributed by atoms with Gasteiger partial charge in [0, 0.05) is 30.3 Å². The number of amides is 1. The third-order valence-corrected chi connectivity index (χ3v) is 6.56. The molecular weight excluding hydrogens is 462 g/mol. The Bertz CT molecular complexity index is 1500. The number of sulfonamides is 1. The van der Waals surface area contributed by atoms with Gasteiger partial charge in [0.25, 0.3) is 15.9 Å². The van der Waals surface area contributed by atoms with Gasteiger partial charge in [-0.2, -0.15) is 0 Å². The van der Waals surface area contributed by atoms with E-state index in [9.17, 15) is 22.0 Å². The van der Waals surface area contributed by atoms with Crippen LogP contribution in [0.2, 0.25) is 0 Å². The predicted octanol–water partition coefficient (Wildman–Crippen LogP) is 4.46. The Morgan fingerprint density at radius 1 is 1.00 bits per heavy atom. The van der Waals surface area contributed by atoms with Gasteiger partial charge >= 0.3 is 0 Å². The zero-order valence-electron chi connectivity index (χ0n) is 18.6. The number of rotatable bonds is 6. The van der Waals surface area contributed by atoms with Gasteiger partial charge < -0.3 is 9.88 Å². The maximum atomic E-state index is 14.0. The number of halogens is 2. The zero-order chi connectivity index (χ0) is 24.6. The Hall–Kier alpha value is -3.79. The fourth-order valence-electron chi connectivity index (χ4n) is 3.54. The molecular formula is C24H22F2N4O3S. The van der Waals surface area contributed by atoms with Gasteiger partial charge in [-0.15, -0.1) is 0 Å². The SMILES string of the molecule is CC(C)NC(=O)c1ccc(-c2nc3cc(NS(=O)(=O)c4ccc(F)cc4F)ccc3n2C)cc1. The molecule has 0 spiro atoms. The third-order valence-electron chi connectivity index (χ3n) is 5.14. The van der Waals surface area contributed by atoms with Crippen LogP contribution in [0.3, 0.4) is 0 Å². The van der Waals surface area contributed by atoms with Crippen LogP contribution in [-0.2, 0) is 17.1 Å². The number of anilines is 1. The summed E-state index contributed by atoms with van der Waals surface area (Å²) in [6.07, 6.45) is 0.